The summed E-state index contributed by atoms with van der Waals surface area (Å²) < 4.78 is 6.49. The van der Waals surface area contributed by atoms with E-state index in [2.05, 4.69) is 43.2 Å². The van der Waals surface area contributed by atoms with Gasteiger partial charge in [-0.3, -0.25) is 4.98 Å². The molecule has 4 rings (SSSR count). The van der Waals surface area contributed by atoms with Crippen LogP contribution in [0.4, 0.5) is 10.8 Å². The maximum absolute atomic E-state index is 5.49. The van der Waals surface area contributed by atoms with Crippen LogP contribution in [0.5, 0.6) is 5.75 Å². The Morgan fingerprint density at radius 2 is 1.85 bits per heavy atom. The fourth-order valence-electron chi connectivity index (χ4n) is 3.05. The Balaban J connectivity index is 1.34. The quantitative estimate of drug-likeness (QED) is 0.588. The molecule has 6 nitrogen and oxygen atoms in total. The number of nitrogens with zero attached hydrogens (tertiary/aromatic N) is 5. The van der Waals surface area contributed by atoms with Crippen LogP contribution in [-0.2, 0) is 5.75 Å². The molecular formula is C19H21N5OS2. The number of hydrogen-bond acceptors (Lipinski definition) is 8. The lowest BCUT2D eigenvalue weighted by atomic mass is 10.2. The van der Waals surface area contributed by atoms with Crippen LogP contribution >= 0.6 is 23.1 Å². The molecule has 1 fully saturated rings. The number of thioether (sulfide) groups is 1. The Hall–Kier alpha value is -2.32. The molecule has 0 N–H and O–H groups in total. The fraction of sp³-hybridized carbons (Fsp3) is 0.316. The molecule has 0 spiro atoms. The number of methoxy groups -OCH3 is 1. The van der Waals surface area contributed by atoms with Crippen LogP contribution in [0, 0.1) is 0 Å². The van der Waals surface area contributed by atoms with E-state index in [0.29, 0.717) is 0 Å². The molecule has 0 unspecified atom stereocenters. The Morgan fingerprint density at radius 1 is 1.04 bits per heavy atom. The highest BCUT2D eigenvalue weighted by molar-refractivity contribution is 8.00. The lowest BCUT2D eigenvalue weighted by Crippen LogP contribution is -2.46. The summed E-state index contributed by atoms with van der Waals surface area (Å²) in [6.45, 7) is 3.75. The molecule has 0 radical (unpaired) electrons. The van der Waals surface area contributed by atoms with Crippen LogP contribution in [0.15, 0.2) is 53.1 Å². The van der Waals surface area contributed by atoms with Gasteiger partial charge in [0.2, 0.25) is 5.13 Å². The minimum atomic E-state index is 0.865. The first-order valence-corrected chi connectivity index (χ1v) is 10.6. The van der Waals surface area contributed by atoms with E-state index in [9.17, 15) is 0 Å². The van der Waals surface area contributed by atoms with Crippen molar-refractivity contribution in [3.63, 3.8) is 0 Å². The van der Waals surface area contributed by atoms with Crippen molar-refractivity contribution in [1.29, 1.82) is 0 Å². The second-order valence-electron chi connectivity index (χ2n) is 6.15. The van der Waals surface area contributed by atoms with Crippen LogP contribution in [0.25, 0.3) is 0 Å². The van der Waals surface area contributed by atoms with Gasteiger partial charge in [-0.15, -0.1) is 10.2 Å². The highest BCUT2D eigenvalue weighted by atomic mass is 32.2. The zero-order valence-corrected chi connectivity index (χ0v) is 16.7. The maximum Gasteiger partial charge on any atom is 0.209 e. The summed E-state index contributed by atoms with van der Waals surface area (Å²) in [5.41, 5.74) is 2.36. The van der Waals surface area contributed by atoms with Gasteiger partial charge >= 0.3 is 0 Å². The molecule has 0 amide bonds. The summed E-state index contributed by atoms with van der Waals surface area (Å²) in [5, 5.41) is 9.75. The Labute approximate surface area is 167 Å². The zero-order valence-electron chi connectivity index (χ0n) is 15.1. The molecular weight excluding hydrogens is 378 g/mol. The van der Waals surface area contributed by atoms with Crippen molar-refractivity contribution in [2.45, 2.75) is 10.1 Å². The van der Waals surface area contributed by atoms with Crippen LogP contribution in [-0.4, -0.2) is 48.5 Å². The third-order valence-corrected chi connectivity index (χ3v) is 6.65. The van der Waals surface area contributed by atoms with Crippen LogP contribution < -0.4 is 14.5 Å². The predicted octanol–water partition coefficient (Wildman–Crippen LogP) is 3.56. The molecule has 0 bridgehead atoms. The largest absolute Gasteiger partial charge is 0.495 e. The van der Waals surface area contributed by atoms with E-state index in [1.807, 2.05) is 24.4 Å². The van der Waals surface area contributed by atoms with Crippen molar-refractivity contribution in [3.05, 3.63) is 54.4 Å². The number of ether oxygens (including phenoxy) is 1. The molecule has 1 aliphatic rings. The van der Waals surface area contributed by atoms with E-state index < -0.39 is 0 Å². The van der Waals surface area contributed by atoms with Gasteiger partial charge in [0.1, 0.15) is 5.75 Å². The van der Waals surface area contributed by atoms with Gasteiger partial charge in [0.05, 0.1) is 12.8 Å². The molecule has 1 saturated heterocycles. The normalized spacial score (nSPS) is 14.4. The first-order valence-electron chi connectivity index (χ1n) is 8.81. The van der Waals surface area contributed by atoms with Gasteiger partial charge in [0.15, 0.2) is 4.34 Å². The van der Waals surface area contributed by atoms with Gasteiger partial charge in [-0.2, -0.15) is 0 Å². The molecule has 140 valence electrons. The number of rotatable bonds is 6. The topological polar surface area (TPSA) is 54.4 Å². The van der Waals surface area contributed by atoms with E-state index >= 15 is 0 Å². The number of piperazine rings is 1. The Kier molecular flexibility index (Phi) is 5.74. The van der Waals surface area contributed by atoms with Crippen molar-refractivity contribution < 1.29 is 4.74 Å². The molecule has 1 aliphatic heterocycles. The molecule has 3 heterocycles. The lowest BCUT2D eigenvalue weighted by molar-refractivity contribution is 0.413. The minimum Gasteiger partial charge on any atom is -0.495 e. The lowest BCUT2D eigenvalue weighted by Gasteiger charge is -2.36. The fourth-order valence-corrected chi connectivity index (χ4v) is 4.87. The van der Waals surface area contributed by atoms with Crippen LogP contribution in [0.2, 0.25) is 0 Å². The second-order valence-corrected chi connectivity index (χ2v) is 8.32. The Morgan fingerprint density at radius 3 is 2.63 bits per heavy atom. The van der Waals surface area contributed by atoms with Gasteiger partial charge in [-0.05, 0) is 23.8 Å². The highest BCUT2D eigenvalue weighted by Crippen LogP contribution is 2.32. The SMILES string of the molecule is COc1ccccc1N1CCN(c2nnc(SCc3cccnc3)s2)CC1. The molecule has 0 atom stereocenters. The van der Waals surface area contributed by atoms with E-state index in [4.69, 9.17) is 4.74 Å². The molecule has 27 heavy (non-hydrogen) atoms. The van der Waals surface area contributed by atoms with Crippen molar-refractivity contribution >= 4 is 33.9 Å². The van der Waals surface area contributed by atoms with Crippen molar-refractivity contribution in [2.75, 3.05) is 43.1 Å². The summed E-state index contributed by atoms with van der Waals surface area (Å²) in [6.07, 6.45) is 3.69. The second kappa shape index (κ2) is 8.58. The average molecular weight is 400 g/mol. The van der Waals surface area contributed by atoms with E-state index in [1.54, 1.807) is 36.4 Å². The summed E-state index contributed by atoms with van der Waals surface area (Å²) >= 11 is 3.38. The first kappa shape index (κ1) is 18.1. The summed E-state index contributed by atoms with van der Waals surface area (Å²) in [5.74, 6) is 1.79. The third kappa shape index (κ3) is 4.33. The number of benzene rings is 1. The van der Waals surface area contributed by atoms with E-state index in [1.165, 1.54) is 5.56 Å². The Bertz CT molecular complexity index is 865. The van der Waals surface area contributed by atoms with E-state index in [0.717, 1.165) is 52.8 Å². The number of aromatic nitrogens is 3. The minimum absolute atomic E-state index is 0.865. The van der Waals surface area contributed by atoms with Gasteiger partial charge in [-0.25, -0.2) is 0 Å². The van der Waals surface area contributed by atoms with Crippen LogP contribution in [0.3, 0.4) is 0 Å². The summed E-state index contributed by atoms with van der Waals surface area (Å²) in [4.78, 5) is 8.84. The maximum atomic E-state index is 5.49. The van der Waals surface area contributed by atoms with Crippen molar-refractivity contribution in [2.24, 2.45) is 0 Å². The monoisotopic (exact) mass is 399 g/mol. The molecule has 1 aromatic carbocycles. The number of para-hydroxylation sites is 2. The van der Waals surface area contributed by atoms with Crippen molar-refractivity contribution in [3.8, 4) is 5.75 Å². The zero-order chi connectivity index (χ0) is 18.5. The number of pyridine rings is 1. The standard InChI is InChI=1S/C19H21N5OS2/c1-25-17-7-3-2-6-16(17)23-9-11-24(12-10-23)18-21-22-19(27-18)26-14-15-5-4-8-20-13-15/h2-8,13H,9-12,14H2,1H3. The average Bonchev–Trinajstić information content (AvgIpc) is 3.22. The van der Waals surface area contributed by atoms with Gasteiger partial charge < -0.3 is 14.5 Å². The van der Waals surface area contributed by atoms with Gasteiger partial charge in [0, 0.05) is 44.3 Å². The number of anilines is 2. The van der Waals surface area contributed by atoms with Crippen LogP contribution in [0.1, 0.15) is 5.56 Å². The first-order chi connectivity index (χ1) is 13.3. The summed E-state index contributed by atoms with van der Waals surface area (Å²) in [6, 6.07) is 12.2. The van der Waals surface area contributed by atoms with Gasteiger partial charge in [-0.1, -0.05) is 41.3 Å². The molecule has 3 aromatic rings. The smallest absolute Gasteiger partial charge is 0.209 e. The molecule has 2 aromatic heterocycles. The number of hydrogen-bond donors (Lipinski definition) is 0. The molecule has 8 heteroatoms. The predicted molar refractivity (Wildman–Crippen MR) is 111 cm³/mol. The summed E-state index contributed by atoms with van der Waals surface area (Å²) in [7, 11) is 1.72. The molecule has 0 aliphatic carbocycles. The van der Waals surface area contributed by atoms with Gasteiger partial charge in [0.25, 0.3) is 0 Å². The van der Waals surface area contributed by atoms with E-state index in [-0.39, 0.29) is 0 Å². The highest BCUT2D eigenvalue weighted by Gasteiger charge is 2.22. The van der Waals surface area contributed by atoms with Crippen molar-refractivity contribution in [1.82, 2.24) is 15.2 Å². The molecule has 0 saturated carbocycles. The third-order valence-electron chi connectivity index (χ3n) is 4.46.